The number of benzene rings is 2. The number of nitrogens with one attached hydrogen (secondary N) is 1. The first-order valence-electron chi connectivity index (χ1n) is 7.02. The first-order valence-corrected chi connectivity index (χ1v) is 7.02. The van der Waals surface area contributed by atoms with Crippen molar-refractivity contribution in [2.24, 2.45) is 7.05 Å². The van der Waals surface area contributed by atoms with Gasteiger partial charge >= 0.3 is 5.97 Å². The number of nitrogens with zero attached hydrogens (tertiary/aromatic N) is 3. The molecule has 0 bridgehead atoms. The number of amides is 1. The standard InChI is InChI=1S/C17H12N4O3/c1-21-14-5-3-2-4-11(14)15(20-21)16(22)19-13-7-6-10(9-18)8-12(13)17(23)24/h2-8H,1H3,(H,19,22)(H,23,24). The number of para-hydroxylation sites is 1. The number of carboxylic acid groups (broad SMARTS) is 1. The normalized spacial score (nSPS) is 10.3. The van der Waals surface area contributed by atoms with Crippen LogP contribution in [0, 0.1) is 11.3 Å². The summed E-state index contributed by atoms with van der Waals surface area (Å²) in [6.45, 7) is 0. The van der Waals surface area contributed by atoms with Gasteiger partial charge in [-0.3, -0.25) is 9.48 Å². The predicted octanol–water partition coefficient (Wildman–Crippen LogP) is 2.40. The molecule has 0 aliphatic heterocycles. The molecular formula is C17H12N4O3. The molecule has 7 heteroatoms. The van der Waals surface area contributed by atoms with Crippen LogP contribution in [0.2, 0.25) is 0 Å². The molecule has 0 aliphatic carbocycles. The van der Waals surface area contributed by atoms with E-state index in [1.54, 1.807) is 23.9 Å². The molecular weight excluding hydrogens is 308 g/mol. The molecule has 1 aromatic heterocycles. The molecule has 3 aromatic rings. The number of aromatic carboxylic acids is 1. The van der Waals surface area contributed by atoms with Gasteiger partial charge in [-0.15, -0.1) is 0 Å². The van der Waals surface area contributed by atoms with Crippen LogP contribution in [0.1, 0.15) is 26.4 Å². The average Bonchev–Trinajstić information content (AvgIpc) is 2.92. The van der Waals surface area contributed by atoms with Crippen LogP contribution in [0.15, 0.2) is 42.5 Å². The molecule has 3 rings (SSSR count). The van der Waals surface area contributed by atoms with Crippen molar-refractivity contribution in [3.8, 4) is 6.07 Å². The fourth-order valence-corrected chi connectivity index (χ4v) is 2.46. The fourth-order valence-electron chi connectivity index (χ4n) is 2.46. The molecule has 7 nitrogen and oxygen atoms in total. The van der Waals surface area contributed by atoms with Crippen LogP contribution in [0.25, 0.3) is 10.9 Å². The second-order valence-electron chi connectivity index (χ2n) is 5.12. The van der Waals surface area contributed by atoms with Gasteiger partial charge in [0.15, 0.2) is 5.69 Å². The minimum absolute atomic E-state index is 0.112. The number of anilines is 1. The molecule has 0 radical (unpaired) electrons. The molecule has 0 saturated heterocycles. The number of hydrogen-bond donors (Lipinski definition) is 2. The maximum Gasteiger partial charge on any atom is 0.337 e. The van der Waals surface area contributed by atoms with Crippen LogP contribution in [0.4, 0.5) is 5.69 Å². The fraction of sp³-hybridized carbons (Fsp3) is 0.0588. The van der Waals surface area contributed by atoms with Crippen molar-refractivity contribution in [3.63, 3.8) is 0 Å². The van der Waals surface area contributed by atoms with Crippen molar-refractivity contribution in [3.05, 3.63) is 59.3 Å². The van der Waals surface area contributed by atoms with E-state index >= 15 is 0 Å². The van der Waals surface area contributed by atoms with Gasteiger partial charge in [0.1, 0.15) is 0 Å². The zero-order valence-electron chi connectivity index (χ0n) is 12.6. The Kier molecular flexibility index (Phi) is 3.72. The van der Waals surface area contributed by atoms with Crippen molar-refractivity contribution >= 4 is 28.5 Å². The van der Waals surface area contributed by atoms with E-state index < -0.39 is 11.9 Å². The lowest BCUT2D eigenvalue weighted by molar-refractivity contribution is 0.0698. The quantitative estimate of drug-likeness (QED) is 0.770. The summed E-state index contributed by atoms with van der Waals surface area (Å²) in [4.78, 5) is 23.9. The van der Waals surface area contributed by atoms with Crippen molar-refractivity contribution in [1.82, 2.24) is 9.78 Å². The lowest BCUT2D eigenvalue weighted by atomic mass is 10.1. The number of carboxylic acids is 1. The Morgan fingerprint density at radius 2 is 2.00 bits per heavy atom. The molecule has 2 N–H and O–H groups in total. The number of nitriles is 1. The highest BCUT2D eigenvalue weighted by molar-refractivity contribution is 6.13. The largest absolute Gasteiger partial charge is 0.478 e. The van der Waals surface area contributed by atoms with Crippen molar-refractivity contribution in [2.45, 2.75) is 0 Å². The van der Waals surface area contributed by atoms with Gasteiger partial charge in [0.2, 0.25) is 0 Å². The Bertz CT molecular complexity index is 1010. The number of carbonyl (C=O) groups is 2. The van der Waals surface area contributed by atoms with Crippen molar-refractivity contribution in [1.29, 1.82) is 5.26 Å². The van der Waals surface area contributed by atoms with E-state index in [2.05, 4.69) is 10.4 Å². The maximum atomic E-state index is 12.5. The highest BCUT2D eigenvalue weighted by Crippen LogP contribution is 2.21. The summed E-state index contributed by atoms with van der Waals surface area (Å²) in [6, 6.07) is 13.2. The third-order valence-electron chi connectivity index (χ3n) is 3.60. The molecule has 0 atom stereocenters. The predicted molar refractivity (Wildman–Crippen MR) is 86.8 cm³/mol. The number of fused-ring (bicyclic) bond motifs is 1. The molecule has 0 fully saturated rings. The monoisotopic (exact) mass is 320 g/mol. The number of aromatic nitrogens is 2. The van der Waals surface area contributed by atoms with Gasteiger partial charge in [0.05, 0.1) is 28.4 Å². The zero-order chi connectivity index (χ0) is 17.3. The van der Waals surface area contributed by atoms with Crippen LogP contribution in [0.3, 0.4) is 0 Å². The number of carbonyl (C=O) groups excluding carboxylic acids is 1. The summed E-state index contributed by atoms with van der Waals surface area (Å²) < 4.78 is 1.58. The molecule has 0 aliphatic rings. The first kappa shape index (κ1) is 15.2. The van der Waals surface area contributed by atoms with Crippen LogP contribution < -0.4 is 5.32 Å². The van der Waals surface area contributed by atoms with Crippen LogP contribution in [-0.2, 0) is 7.05 Å². The highest BCUT2D eigenvalue weighted by atomic mass is 16.4. The molecule has 118 valence electrons. The summed E-state index contributed by atoms with van der Waals surface area (Å²) in [6.07, 6.45) is 0. The van der Waals surface area contributed by atoms with Crippen LogP contribution in [-0.4, -0.2) is 26.8 Å². The minimum Gasteiger partial charge on any atom is -0.478 e. The maximum absolute atomic E-state index is 12.5. The van der Waals surface area contributed by atoms with E-state index in [0.717, 1.165) is 5.52 Å². The minimum atomic E-state index is -1.23. The van der Waals surface area contributed by atoms with E-state index in [4.69, 9.17) is 5.26 Å². The Labute approximate surface area is 136 Å². The summed E-state index contributed by atoms with van der Waals surface area (Å²) in [5.74, 6) is -1.74. The van der Waals surface area contributed by atoms with Crippen LogP contribution in [0.5, 0.6) is 0 Å². The van der Waals surface area contributed by atoms with Gasteiger partial charge in [0.25, 0.3) is 5.91 Å². The van der Waals surface area contributed by atoms with Gasteiger partial charge < -0.3 is 10.4 Å². The number of rotatable bonds is 3. The topological polar surface area (TPSA) is 108 Å². The smallest absolute Gasteiger partial charge is 0.337 e. The molecule has 24 heavy (non-hydrogen) atoms. The molecule has 0 unspecified atom stereocenters. The number of hydrogen-bond acceptors (Lipinski definition) is 4. The second-order valence-corrected chi connectivity index (χ2v) is 5.12. The average molecular weight is 320 g/mol. The molecule has 0 saturated carbocycles. The zero-order valence-corrected chi connectivity index (χ0v) is 12.6. The Balaban J connectivity index is 2.01. The highest BCUT2D eigenvalue weighted by Gasteiger charge is 2.19. The Hall–Kier alpha value is -3.66. The van der Waals surface area contributed by atoms with Crippen molar-refractivity contribution in [2.75, 3.05) is 5.32 Å². The molecule has 1 amide bonds. The van der Waals surface area contributed by atoms with Gasteiger partial charge in [-0.25, -0.2) is 4.79 Å². The Morgan fingerprint density at radius 1 is 1.25 bits per heavy atom. The third-order valence-corrected chi connectivity index (χ3v) is 3.60. The van der Waals surface area contributed by atoms with E-state index in [0.29, 0.717) is 5.39 Å². The summed E-state index contributed by atoms with van der Waals surface area (Å²) in [5, 5.41) is 25.6. The Morgan fingerprint density at radius 3 is 2.71 bits per heavy atom. The van der Waals surface area contributed by atoms with Gasteiger partial charge in [-0.2, -0.15) is 10.4 Å². The first-order chi connectivity index (χ1) is 11.5. The SMILES string of the molecule is Cn1nc(C(=O)Nc2ccc(C#N)cc2C(=O)O)c2ccccc21. The summed E-state index contributed by atoms with van der Waals surface area (Å²) >= 11 is 0. The lowest BCUT2D eigenvalue weighted by Gasteiger charge is -2.07. The van der Waals surface area contributed by atoms with Gasteiger partial charge in [0, 0.05) is 12.4 Å². The number of aryl methyl sites for hydroxylation is 1. The lowest BCUT2D eigenvalue weighted by Crippen LogP contribution is -2.16. The summed E-state index contributed by atoms with van der Waals surface area (Å²) in [7, 11) is 1.73. The van der Waals surface area contributed by atoms with E-state index in [1.807, 2.05) is 18.2 Å². The van der Waals surface area contributed by atoms with E-state index in [-0.39, 0.29) is 22.5 Å². The van der Waals surface area contributed by atoms with E-state index in [9.17, 15) is 14.7 Å². The summed E-state index contributed by atoms with van der Waals surface area (Å²) in [5.41, 5.74) is 1.16. The third kappa shape index (κ3) is 2.57. The molecule has 0 spiro atoms. The van der Waals surface area contributed by atoms with Gasteiger partial charge in [-0.05, 0) is 24.3 Å². The van der Waals surface area contributed by atoms with Crippen molar-refractivity contribution < 1.29 is 14.7 Å². The molecule has 1 heterocycles. The molecule has 2 aromatic carbocycles. The second kappa shape index (κ2) is 5.85. The van der Waals surface area contributed by atoms with E-state index in [1.165, 1.54) is 18.2 Å². The van der Waals surface area contributed by atoms with Crippen LogP contribution >= 0.6 is 0 Å². The van der Waals surface area contributed by atoms with Gasteiger partial charge in [-0.1, -0.05) is 18.2 Å².